The average molecular weight is 215 g/mol. The molecular formula is C12H25NO2. The second-order valence-electron chi connectivity index (χ2n) is 4.61. The number of esters is 1. The Balaban J connectivity index is 3.65. The number of hydrogen-bond donors (Lipinski definition) is 1. The van der Waals surface area contributed by atoms with Crippen molar-refractivity contribution < 1.29 is 9.53 Å². The standard InChI is InChI=1S/C12H25NO2/c1-5-10(4)11(13)12(14)15-8-6-7-9(2)3/h9-11H,5-8,13H2,1-4H3/t10?,11-/m0/s1. The molecule has 3 nitrogen and oxygen atoms in total. The lowest BCUT2D eigenvalue weighted by Gasteiger charge is -2.16. The highest BCUT2D eigenvalue weighted by molar-refractivity contribution is 5.75. The van der Waals surface area contributed by atoms with Gasteiger partial charge < -0.3 is 10.5 Å². The quantitative estimate of drug-likeness (QED) is 0.524. The molecule has 0 bridgehead atoms. The number of carbonyl (C=O) groups excluding carboxylic acids is 1. The minimum absolute atomic E-state index is 0.197. The van der Waals surface area contributed by atoms with Crippen molar-refractivity contribution in [3.63, 3.8) is 0 Å². The fraction of sp³-hybridized carbons (Fsp3) is 0.917. The Morgan fingerprint density at radius 2 is 1.93 bits per heavy atom. The first-order chi connectivity index (χ1) is 6.99. The third-order valence-electron chi connectivity index (χ3n) is 2.70. The average Bonchev–Trinajstić information content (AvgIpc) is 2.21. The summed E-state index contributed by atoms with van der Waals surface area (Å²) in [6.45, 7) is 8.82. The van der Waals surface area contributed by atoms with E-state index in [2.05, 4.69) is 13.8 Å². The van der Waals surface area contributed by atoms with Crippen LogP contribution >= 0.6 is 0 Å². The molecule has 90 valence electrons. The van der Waals surface area contributed by atoms with E-state index in [0.29, 0.717) is 12.5 Å². The van der Waals surface area contributed by atoms with Gasteiger partial charge in [-0.1, -0.05) is 34.1 Å². The smallest absolute Gasteiger partial charge is 0.323 e. The largest absolute Gasteiger partial charge is 0.465 e. The van der Waals surface area contributed by atoms with Crippen molar-refractivity contribution in [3.05, 3.63) is 0 Å². The maximum atomic E-state index is 11.4. The van der Waals surface area contributed by atoms with Crippen molar-refractivity contribution in [2.24, 2.45) is 17.6 Å². The Labute approximate surface area is 93.4 Å². The molecule has 0 heterocycles. The maximum absolute atomic E-state index is 11.4. The summed E-state index contributed by atoms with van der Waals surface area (Å²) in [4.78, 5) is 11.4. The van der Waals surface area contributed by atoms with Gasteiger partial charge in [-0.25, -0.2) is 0 Å². The van der Waals surface area contributed by atoms with Gasteiger partial charge in [0.1, 0.15) is 6.04 Å². The minimum atomic E-state index is -0.464. The summed E-state index contributed by atoms with van der Waals surface area (Å²) in [5.74, 6) is 0.600. The zero-order valence-electron chi connectivity index (χ0n) is 10.5. The second kappa shape index (κ2) is 7.69. The molecule has 0 aliphatic carbocycles. The van der Waals surface area contributed by atoms with E-state index < -0.39 is 6.04 Å². The van der Waals surface area contributed by atoms with Crippen molar-refractivity contribution in [2.75, 3.05) is 6.61 Å². The van der Waals surface area contributed by atoms with Gasteiger partial charge in [-0.15, -0.1) is 0 Å². The maximum Gasteiger partial charge on any atom is 0.323 e. The van der Waals surface area contributed by atoms with Crippen LogP contribution in [0.4, 0.5) is 0 Å². The normalized spacial score (nSPS) is 15.1. The van der Waals surface area contributed by atoms with E-state index in [4.69, 9.17) is 10.5 Å². The van der Waals surface area contributed by atoms with Crippen LogP contribution in [0.3, 0.4) is 0 Å². The molecule has 0 saturated heterocycles. The first-order valence-electron chi connectivity index (χ1n) is 5.91. The first-order valence-corrected chi connectivity index (χ1v) is 5.91. The molecule has 0 aromatic heterocycles. The van der Waals surface area contributed by atoms with E-state index >= 15 is 0 Å². The van der Waals surface area contributed by atoms with Gasteiger partial charge in [0.05, 0.1) is 6.61 Å². The van der Waals surface area contributed by atoms with E-state index in [0.717, 1.165) is 19.3 Å². The minimum Gasteiger partial charge on any atom is -0.465 e. The van der Waals surface area contributed by atoms with Crippen molar-refractivity contribution in [2.45, 2.75) is 53.0 Å². The van der Waals surface area contributed by atoms with Crippen LogP contribution in [0.1, 0.15) is 47.0 Å². The van der Waals surface area contributed by atoms with Crippen molar-refractivity contribution in [1.82, 2.24) is 0 Å². The number of hydrogen-bond acceptors (Lipinski definition) is 3. The highest BCUT2D eigenvalue weighted by Gasteiger charge is 2.20. The highest BCUT2D eigenvalue weighted by Crippen LogP contribution is 2.08. The van der Waals surface area contributed by atoms with Gasteiger partial charge >= 0.3 is 5.97 Å². The second-order valence-corrected chi connectivity index (χ2v) is 4.61. The highest BCUT2D eigenvalue weighted by atomic mass is 16.5. The molecule has 3 heteroatoms. The summed E-state index contributed by atoms with van der Waals surface area (Å²) in [5.41, 5.74) is 5.74. The Bertz CT molecular complexity index is 180. The summed E-state index contributed by atoms with van der Waals surface area (Å²) in [6, 6.07) is -0.464. The molecule has 0 radical (unpaired) electrons. The predicted octanol–water partition coefficient (Wildman–Crippen LogP) is 2.34. The zero-order valence-corrected chi connectivity index (χ0v) is 10.5. The van der Waals surface area contributed by atoms with Crippen molar-refractivity contribution in [1.29, 1.82) is 0 Å². The molecule has 0 rings (SSSR count). The summed E-state index contributed by atoms with van der Waals surface area (Å²) in [5, 5.41) is 0. The lowest BCUT2D eigenvalue weighted by Crippen LogP contribution is -2.38. The molecule has 15 heavy (non-hydrogen) atoms. The van der Waals surface area contributed by atoms with Crippen LogP contribution in [0, 0.1) is 11.8 Å². The van der Waals surface area contributed by atoms with E-state index in [1.54, 1.807) is 0 Å². The molecule has 0 fully saturated rings. The SMILES string of the molecule is CCC(C)[C@H](N)C(=O)OCCCC(C)C. The zero-order chi connectivity index (χ0) is 11.8. The van der Waals surface area contributed by atoms with Gasteiger partial charge in [-0.05, 0) is 24.7 Å². The fourth-order valence-electron chi connectivity index (χ4n) is 1.25. The molecule has 1 unspecified atom stereocenters. The Morgan fingerprint density at radius 3 is 2.40 bits per heavy atom. The Hall–Kier alpha value is -0.570. The van der Waals surface area contributed by atoms with Crippen LogP contribution in [0.2, 0.25) is 0 Å². The lowest BCUT2D eigenvalue weighted by atomic mass is 10.0. The number of ether oxygens (including phenoxy) is 1. The molecule has 0 spiro atoms. The lowest BCUT2D eigenvalue weighted by molar-refractivity contribution is -0.146. The topological polar surface area (TPSA) is 52.3 Å². The molecule has 0 aliphatic heterocycles. The summed E-state index contributed by atoms with van der Waals surface area (Å²) < 4.78 is 5.11. The van der Waals surface area contributed by atoms with Gasteiger partial charge in [0.2, 0.25) is 0 Å². The third kappa shape index (κ3) is 6.50. The van der Waals surface area contributed by atoms with Crippen LogP contribution in [0.5, 0.6) is 0 Å². The molecule has 0 aromatic carbocycles. The molecule has 0 amide bonds. The number of carbonyl (C=O) groups is 1. The molecule has 2 atom stereocenters. The van der Waals surface area contributed by atoms with E-state index in [-0.39, 0.29) is 11.9 Å². The predicted molar refractivity (Wildman–Crippen MR) is 62.5 cm³/mol. The monoisotopic (exact) mass is 215 g/mol. The van der Waals surface area contributed by atoms with Crippen LogP contribution in [-0.2, 0) is 9.53 Å². The van der Waals surface area contributed by atoms with E-state index in [9.17, 15) is 4.79 Å². The summed E-state index contributed by atoms with van der Waals surface area (Å²) >= 11 is 0. The van der Waals surface area contributed by atoms with Gasteiger partial charge in [0.15, 0.2) is 0 Å². The van der Waals surface area contributed by atoms with Gasteiger partial charge in [0.25, 0.3) is 0 Å². The fourth-order valence-corrected chi connectivity index (χ4v) is 1.25. The number of rotatable bonds is 7. The summed E-state index contributed by atoms with van der Waals surface area (Å²) in [7, 11) is 0. The number of nitrogens with two attached hydrogens (primary N) is 1. The molecule has 2 N–H and O–H groups in total. The van der Waals surface area contributed by atoms with Gasteiger partial charge in [-0.3, -0.25) is 4.79 Å². The van der Waals surface area contributed by atoms with Crippen LogP contribution in [0.15, 0.2) is 0 Å². The summed E-state index contributed by atoms with van der Waals surface area (Å²) in [6.07, 6.45) is 2.92. The Kier molecular flexibility index (Phi) is 7.39. The van der Waals surface area contributed by atoms with Gasteiger partial charge in [0, 0.05) is 0 Å². The van der Waals surface area contributed by atoms with Crippen molar-refractivity contribution in [3.8, 4) is 0 Å². The molecule has 0 saturated carbocycles. The molecular weight excluding hydrogens is 190 g/mol. The van der Waals surface area contributed by atoms with Crippen LogP contribution < -0.4 is 5.73 Å². The molecule has 0 aliphatic rings. The first kappa shape index (κ1) is 14.4. The Morgan fingerprint density at radius 1 is 1.33 bits per heavy atom. The van der Waals surface area contributed by atoms with E-state index in [1.165, 1.54) is 0 Å². The third-order valence-corrected chi connectivity index (χ3v) is 2.70. The van der Waals surface area contributed by atoms with Crippen LogP contribution in [-0.4, -0.2) is 18.6 Å². The van der Waals surface area contributed by atoms with E-state index in [1.807, 2.05) is 13.8 Å². The van der Waals surface area contributed by atoms with Crippen LogP contribution in [0.25, 0.3) is 0 Å². The van der Waals surface area contributed by atoms with Gasteiger partial charge in [-0.2, -0.15) is 0 Å². The van der Waals surface area contributed by atoms with Crippen molar-refractivity contribution >= 4 is 5.97 Å². The molecule has 0 aromatic rings.